The van der Waals surface area contributed by atoms with E-state index in [2.05, 4.69) is 12.1 Å². The Kier molecular flexibility index (Phi) is 2.54. The standard InChI is InChI=1S/C14H10ClNS/c15-10-7-5-9(6-8-10)13-11-3-1-2-4-12(11)17-14(13)16/h1-8H,16H2. The van der Waals surface area contributed by atoms with Gasteiger partial charge in [0.1, 0.15) is 0 Å². The molecule has 17 heavy (non-hydrogen) atoms. The van der Waals surface area contributed by atoms with Gasteiger partial charge in [-0.1, -0.05) is 41.9 Å². The first-order valence-corrected chi connectivity index (χ1v) is 6.48. The van der Waals surface area contributed by atoms with E-state index in [1.165, 1.54) is 10.1 Å². The molecule has 1 nitrogen and oxygen atoms in total. The van der Waals surface area contributed by atoms with Gasteiger partial charge in [0.15, 0.2) is 0 Å². The molecule has 0 atom stereocenters. The van der Waals surface area contributed by atoms with Crippen molar-refractivity contribution in [1.29, 1.82) is 0 Å². The van der Waals surface area contributed by atoms with Gasteiger partial charge in [-0.3, -0.25) is 0 Å². The predicted octanol–water partition coefficient (Wildman–Crippen LogP) is 4.80. The maximum absolute atomic E-state index is 6.11. The van der Waals surface area contributed by atoms with Crippen LogP contribution in [0.15, 0.2) is 48.5 Å². The lowest BCUT2D eigenvalue weighted by molar-refractivity contribution is 1.68. The molecular weight excluding hydrogens is 250 g/mol. The molecule has 0 aliphatic heterocycles. The topological polar surface area (TPSA) is 26.0 Å². The normalized spacial score (nSPS) is 10.9. The number of halogens is 1. The van der Waals surface area contributed by atoms with Crippen LogP contribution >= 0.6 is 22.9 Å². The van der Waals surface area contributed by atoms with Gasteiger partial charge in [0, 0.05) is 20.7 Å². The molecule has 3 heteroatoms. The molecule has 0 saturated carbocycles. The van der Waals surface area contributed by atoms with Crippen molar-refractivity contribution in [2.75, 3.05) is 5.73 Å². The van der Waals surface area contributed by atoms with Crippen molar-refractivity contribution in [2.45, 2.75) is 0 Å². The number of hydrogen-bond acceptors (Lipinski definition) is 2. The molecule has 2 aromatic carbocycles. The Morgan fingerprint density at radius 3 is 2.41 bits per heavy atom. The van der Waals surface area contributed by atoms with Crippen LogP contribution in [-0.2, 0) is 0 Å². The molecule has 3 rings (SSSR count). The summed E-state index contributed by atoms with van der Waals surface area (Å²) in [5.41, 5.74) is 8.34. The Hall–Kier alpha value is -1.51. The summed E-state index contributed by atoms with van der Waals surface area (Å²) in [6.07, 6.45) is 0. The van der Waals surface area contributed by atoms with Crippen LogP contribution in [0.25, 0.3) is 21.2 Å². The van der Waals surface area contributed by atoms with Gasteiger partial charge < -0.3 is 5.73 Å². The molecule has 0 aliphatic rings. The summed E-state index contributed by atoms with van der Waals surface area (Å²) in [5.74, 6) is 0. The molecule has 3 aromatic rings. The van der Waals surface area contributed by atoms with Crippen LogP contribution in [0.2, 0.25) is 5.02 Å². The molecule has 0 saturated heterocycles. The molecule has 0 bridgehead atoms. The monoisotopic (exact) mass is 259 g/mol. The number of fused-ring (bicyclic) bond motifs is 1. The molecule has 0 unspecified atom stereocenters. The van der Waals surface area contributed by atoms with Crippen LogP contribution in [0.3, 0.4) is 0 Å². The van der Waals surface area contributed by atoms with Crippen molar-refractivity contribution in [3.63, 3.8) is 0 Å². The maximum atomic E-state index is 6.11. The maximum Gasteiger partial charge on any atom is 0.0948 e. The van der Waals surface area contributed by atoms with E-state index in [1.54, 1.807) is 11.3 Å². The highest BCUT2D eigenvalue weighted by atomic mass is 35.5. The van der Waals surface area contributed by atoms with Gasteiger partial charge in [-0.05, 0) is 23.8 Å². The number of nitrogens with two attached hydrogens (primary N) is 1. The van der Waals surface area contributed by atoms with Crippen molar-refractivity contribution in [3.05, 3.63) is 53.6 Å². The summed E-state index contributed by atoms with van der Waals surface area (Å²) in [6, 6.07) is 16.1. The fourth-order valence-electron chi connectivity index (χ4n) is 1.98. The molecule has 0 spiro atoms. The van der Waals surface area contributed by atoms with Gasteiger partial charge in [-0.15, -0.1) is 11.3 Å². The first kappa shape index (κ1) is 10.6. The fourth-order valence-corrected chi connectivity index (χ4v) is 3.10. The van der Waals surface area contributed by atoms with Crippen LogP contribution in [0.1, 0.15) is 0 Å². The fraction of sp³-hybridized carbons (Fsp3) is 0. The molecule has 0 fully saturated rings. The van der Waals surface area contributed by atoms with Crippen LogP contribution in [0.4, 0.5) is 5.00 Å². The number of nitrogen functional groups attached to an aromatic ring is 1. The average molecular weight is 260 g/mol. The van der Waals surface area contributed by atoms with Crippen molar-refractivity contribution in [3.8, 4) is 11.1 Å². The van der Waals surface area contributed by atoms with Gasteiger partial charge in [-0.25, -0.2) is 0 Å². The average Bonchev–Trinajstić information content (AvgIpc) is 2.66. The number of rotatable bonds is 1. The highest BCUT2D eigenvalue weighted by molar-refractivity contribution is 7.23. The van der Waals surface area contributed by atoms with Gasteiger partial charge in [-0.2, -0.15) is 0 Å². The third-order valence-electron chi connectivity index (χ3n) is 2.76. The van der Waals surface area contributed by atoms with Gasteiger partial charge in [0.2, 0.25) is 0 Å². The highest BCUT2D eigenvalue weighted by Gasteiger charge is 2.10. The highest BCUT2D eigenvalue weighted by Crippen LogP contribution is 2.40. The van der Waals surface area contributed by atoms with E-state index in [0.29, 0.717) is 0 Å². The lowest BCUT2D eigenvalue weighted by atomic mass is 10.0. The van der Waals surface area contributed by atoms with E-state index in [0.717, 1.165) is 21.2 Å². The van der Waals surface area contributed by atoms with E-state index >= 15 is 0 Å². The quantitative estimate of drug-likeness (QED) is 0.667. The number of benzene rings is 2. The second-order valence-electron chi connectivity index (χ2n) is 3.84. The molecule has 2 N–H and O–H groups in total. The van der Waals surface area contributed by atoms with Crippen molar-refractivity contribution < 1.29 is 0 Å². The summed E-state index contributed by atoms with van der Waals surface area (Å²) >= 11 is 7.53. The van der Waals surface area contributed by atoms with E-state index in [-0.39, 0.29) is 0 Å². The molecule has 1 aromatic heterocycles. The Labute approximate surface area is 108 Å². The smallest absolute Gasteiger partial charge is 0.0948 e. The lowest BCUT2D eigenvalue weighted by Gasteiger charge is -2.01. The largest absolute Gasteiger partial charge is 0.390 e. The second-order valence-corrected chi connectivity index (χ2v) is 5.36. The summed E-state index contributed by atoms with van der Waals surface area (Å²) in [6.45, 7) is 0. The van der Waals surface area contributed by atoms with Crippen LogP contribution in [0.5, 0.6) is 0 Å². The Morgan fingerprint density at radius 2 is 1.65 bits per heavy atom. The third kappa shape index (κ3) is 1.79. The minimum Gasteiger partial charge on any atom is -0.390 e. The molecule has 0 radical (unpaired) electrons. The molecule has 1 heterocycles. The SMILES string of the molecule is Nc1sc2ccccc2c1-c1ccc(Cl)cc1. The van der Waals surface area contributed by atoms with Crippen LogP contribution < -0.4 is 5.73 Å². The zero-order chi connectivity index (χ0) is 11.8. The predicted molar refractivity (Wildman–Crippen MR) is 76.7 cm³/mol. The zero-order valence-corrected chi connectivity index (χ0v) is 10.6. The van der Waals surface area contributed by atoms with E-state index in [4.69, 9.17) is 17.3 Å². The number of thiophene rings is 1. The molecule has 84 valence electrons. The van der Waals surface area contributed by atoms with E-state index in [1.807, 2.05) is 36.4 Å². The summed E-state index contributed by atoms with van der Waals surface area (Å²) in [4.78, 5) is 0. The first-order chi connectivity index (χ1) is 8.25. The minimum absolute atomic E-state index is 0.742. The summed E-state index contributed by atoms with van der Waals surface area (Å²) in [5, 5.41) is 2.80. The van der Waals surface area contributed by atoms with Gasteiger partial charge in [0.25, 0.3) is 0 Å². The first-order valence-electron chi connectivity index (χ1n) is 5.28. The van der Waals surface area contributed by atoms with E-state index < -0.39 is 0 Å². The Balaban J connectivity index is 2.29. The molecule has 0 amide bonds. The van der Waals surface area contributed by atoms with Crippen molar-refractivity contribution in [2.24, 2.45) is 0 Å². The lowest BCUT2D eigenvalue weighted by Crippen LogP contribution is -1.83. The zero-order valence-electron chi connectivity index (χ0n) is 8.98. The van der Waals surface area contributed by atoms with Crippen molar-refractivity contribution >= 4 is 38.0 Å². The summed E-state index contributed by atoms with van der Waals surface area (Å²) in [7, 11) is 0. The Morgan fingerprint density at radius 1 is 0.941 bits per heavy atom. The van der Waals surface area contributed by atoms with Crippen LogP contribution in [0, 0.1) is 0 Å². The molecular formula is C14H10ClNS. The molecule has 0 aliphatic carbocycles. The van der Waals surface area contributed by atoms with Crippen molar-refractivity contribution in [1.82, 2.24) is 0 Å². The third-order valence-corrected chi connectivity index (χ3v) is 4.01. The summed E-state index contributed by atoms with van der Waals surface area (Å²) < 4.78 is 1.22. The van der Waals surface area contributed by atoms with Gasteiger partial charge >= 0.3 is 0 Å². The van der Waals surface area contributed by atoms with E-state index in [9.17, 15) is 0 Å². The van der Waals surface area contributed by atoms with Crippen LogP contribution in [-0.4, -0.2) is 0 Å². The second kappa shape index (κ2) is 4.06. The number of anilines is 1. The van der Waals surface area contributed by atoms with Gasteiger partial charge in [0.05, 0.1) is 5.00 Å². The number of hydrogen-bond donors (Lipinski definition) is 1. The minimum atomic E-state index is 0.742. The Bertz CT molecular complexity index is 670.